The summed E-state index contributed by atoms with van der Waals surface area (Å²) in [6.45, 7) is 4.22. The average molecular weight is 337 g/mol. The number of nitrogens with zero attached hydrogens (tertiary/aromatic N) is 2. The predicted molar refractivity (Wildman–Crippen MR) is 85.7 cm³/mol. The van der Waals surface area contributed by atoms with Crippen molar-refractivity contribution in [3.05, 3.63) is 24.0 Å². The average Bonchev–Trinajstić information content (AvgIpc) is 2.94. The highest BCUT2D eigenvalue weighted by atomic mass is 19.1. The molecule has 2 fully saturated rings. The number of benzene rings is 1. The topological polar surface area (TPSA) is 71.1 Å². The third kappa shape index (κ3) is 3.43. The first-order chi connectivity index (χ1) is 11.6. The summed E-state index contributed by atoms with van der Waals surface area (Å²) in [6, 6.07) is 4.34. The number of halogens is 1. The van der Waals surface area contributed by atoms with Gasteiger partial charge in [-0.2, -0.15) is 0 Å². The van der Waals surface area contributed by atoms with Crippen LogP contribution in [0.4, 0.5) is 20.6 Å². The zero-order valence-electron chi connectivity index (χ0n) is 13.5. The third-order valence-electron chi connectivity index (χ3n) is 4.11. The molecule has 8 heteroatoms. The van der Waals surface area contributed by atoms with Gasteiger partial charge in [-0.05, 0) is 18.2 Å². The van der Waals surface area contributed by atoms with E-state index in [0.29, 0.717) is 37.7 Å². The fourth-order valence-electron chi connectivity index (χ4n) is 2.89. The molecule has 0 spiro atoms. The van der Waals surface area contributed by atoms with Gasteiger partial charge in [0.15, 0.2) is 0 Å². The number of amides is 2. The summed E-state index contributed by atoms with van der Waals surface area (Å²) in [5.74, 6) is -0.587. The quantitative estimate of drug-likeness (QED) is 0.892. The van der Waals surface area contributed by atoms with Crippen molar-refractivity contribution in [3.63, 3.8) is 0 Å². The Kier molecular flexibility index (Phi) is 4.84. The van der Waals surface area contributed by atoms with E-state index in [1.807, 2.05) is 4.90 Å². The molecule has 0 saturated carbocycles. The lowest BCUT2D eigenvalue weighted by molar-refractivity contribution is -0.119. The van der Waals surface area contributed by atoms with Crippen LogP contribution in [0.1, 0.15) is 6.92 Å². The van der Waals surface area contributed by atoms with Crippen LogP contribution in [-0.2, 0) is 14.3 Å². The zero-order valence-corrected chi connectivity index (χ0v) is 13.5. The summed E-state index contributed by atoms with van der Waals surface area (Å²) in [4.78, 5) is 26.3. The highest BCUT2D eigenvalue weighted by molar-refractivity contribution is 5.90. The molecule has 1 aromatic carbocycles. The second kappa shape index (κ2) is 7.04. The molecule has 1 aromatic rings. The van der Waals surface area contributed by atoms with Gasteiger partial charge in [0, 0.05) is 26.6 Å². The first-order valence-electron chi connectivity index (χ1n) is 7.89. The van der Waals surface area contributed by atoms with E-state index < -0.39 is 11.9 Å². The second-order valence-electron chi connectivity index (χ2n) is 5.77. The lowest BCUT2D eigenvalue weighted by atomic mass is 10.2. The molecule has 1 atom stereocenters. The predicted octanol–water partition coefficient (Wildman–Crippen LogP) is 1.12. The van der Waals surface area contributed by atoms with Crippen LogP contribution in [0.2, 0.25) is 0 Å². The highest BCUT2D eigenvalue weighted by Crippen LogP contribution is 2.29. The number of rotatable bonds is 4. The van der Waals surface area contributed by atoms with Gasteiger partial charge >= 0.3 is 6.09 Å². The number of hydrogen-bond acceptors (Lipinski definition) is 5. The Balaban J connectivity index is 1.78. The van der Waals surface area contributed by atoms with Crippen molar-refractivity contribution >= 4 is 23.4 Å². The summed E-state index contributed by atoms with van der Waals surface area (Å²) in [7, 11) is 0. The molecule has 3 rings (SSSR count). The first kappa shape index (κ1) is 16.5. The van der Waals surface area contributed by atoms with Gasteiger partial charge in [0.25, 0.3) is 0 Å². The molecule has 0 unspecified atom stereocenters. The molecule has 2 aliphatic heterocycles. The maximum Gasteiger partial charge on any atom is 0.414 e. The number of nitrogens with one attached hydrogen (secondary N) is 1. The Morgan fingerprint density at radius 1 is 1.38 bits per heavy atom. The van der Waals surface area contributed by atoms with Crippen LogP contribution < -0.4 is 15.1 Å². The molecule has 0 radical (unpaired) electrons. The first-order valence-corrected chi connectivity index (χ1v) is 7.89. The van der Waals surface area contributed by atoms with E-state index in [1.165, 1.54) is 17.9 Å². The molecular formula is C16H20FN3O4. The van der Waals surface area contributed by atoms with Crippen molar-refractivity contribution in [1.29, 1.82) is 0 Å². The molecule has 0 bridgehead atoms. The molecule has 130 valence electrons. The van der Waals surface area contributed by atoms with Crippen LogP contribution >= 0.6 is 0 Å². The zero-order chi connectivity index (χ0) is 17.1. The van der Waals surface area contributed by atoms with Crippen LogP contribution in [0, 0.1) is 5.82 Å². The maximum absolute atomic E-state index is 14.5. The monoisotopic (exact) mass is 337 g/mol. The van der Waals surface area contributed by atoms with Crippen LogP contribution in [0.25, 0.3) is 0 Å². The van der Waals surface area contributed by atoms with Crippen molar-refractivity contribution in [3.8, 4) is 0 Å². The van der Waals surface area contributed by atoms with Gasteiger partial charge in [-0.3, -0.25) is 9.69 Å². The van der Waals surface area contributed by atoms with E-state index in [1.54, 1.807) is 12.1 Å². The molecular weight excluding hydrogens is 317 g/mol. The Labute approximate surface area is 139 Å². The minimum atomic E-state index is -0.538. The molecule has 2 amide bonds. The fraction of sp³-hybridized carbons (Fsp3) is 0.500. The van der Waals surface area contributed by atoms with E-state index in [0.717, 1.165) is 0 Å². The lowest BCUT2D eigenvalue weighted by Gasteiger charge is -2.30. The second-order valence-corrected chi connectivity index (χ2v) is 5.77. The minimum Gasteiger partial charge on any atom is -0.447 e. The molecule has 2 heterocycles. The van der Waals surface area contributed by atoms with Crippen molar-refractivity contribution in [2.45, 2.75) is 13.0 Å². The summed E-state index contributed by atoms with van der Waals surface area (Å²) < 4.78 is 24.8. The van der Waals surface area contributed by atoms with Crippen molar-refractivity contribution < 1.29 is 23.5 Å². The molecule has 24 heavy (non-hydrogen) atoms. The molecule has 2 saturated heterocycles. The highest BCUT2D eigenvalue weighted by Gasteiger charge is 2.34. The van der Waals surface area contributed by atoms with Crippen molar-refractivity contribution in [1.82, 2.24) is 5.32 Å². The Bertz CT molecular complexity index is 634. The Morgan fingerprint density at radius 2 is 2.12 bits per heavy atom. The van der Waals surface area contributed by atoms with E-state index in [4.69, 9.17) is 9.47 Å². The fourth-order valence-corrected chi connectivity index (χ4v) is 2.89. The molecule has 0 aromatic heterocycles. The number of anilines is 2. The normalized spacial score (nSPS) is 20.9. The molecule has 0 aliphatic carbocycles. The SMILES string of the molecule is CC(=O)NC[C@H]1COC(=O)N1c1ccc(N2CCOCC2)c(F)c1. The Morgan fingerprint density at radius 3 is 2.79 bits per heavy atom. The summed E-state index contributed by atoms with van der Waals surface area (Å²) >= 11 is 0. The number of carbonyl (C=O) groups excluding carboxylic acids is 2. The van der Waals surface area contributed by atoms with E-state index in [-0.39, 0.29) is 25.1 Å². The molecule has 1 N–H and O–H groups in total. The third-order valence-corrected chi connectivity index (χ3v) is 4.11. The maximum atomic E-state index is 14.5. The van der Waals surface area contributed by atoms with Crippen LogP contribution in [0.15, 0.2) is 18.2 Å². The number of carbonyl (C=O) groups is 2. The van der Waals surface area contributed by atoms with E-state index >= 15 is 0 Å². The van der Waals surface area contributed by atoms with Gasteiger partial charge in [0.1, 0.15) is 12.4 Å². The van der Waals surface area contributed by atoms with Gasteiger partial charge in [-0.1, -0.05) is 0 Å². The van der Waals surface area contributed by atoms with Crippen molar-refractivity contribution in [2.75, 3.05) is 49.3 Å². The van der Waals surface area contributed by atoms with E-state index in [2.05, 4.69) is 5.32 Å². The summed E-state index contributed by atoms with van der Waals surface area (Å²) in [5.41, 5.74) is 0.912. The molecule has 2 aliphatic rings. The van der Waals surface area contributed by atoms with Gasteiger partial charge in [0.05, 0.1) is 30.6 Å². The summed E-state index contributed by atoms with van der Waals surface area (Å²) in [6.07, 6.45) is -0.538. The number of morpholine rings is 1. The largest absolute Gasteiger partial charge is 0.447 e. The smallest absolute Gasteiger partial charge is 0.414 e. The van der Waals surface area contributed by atoms with Gasteiger partial charge in [0.2, 0.25) is 5.91 Å². The standard InChI is InChI=1S/C16H20FN3O4/c1-11(21)18-9-13-10-24-16(22)20(13)12-2-3-15(14(17)8-12)19-4-6-23-7-5-19/h2-3,8,13H,4-7,9-10H2,1H3,(H,18,21)/t13-/m0/s1. The van der Waals surface area contributed by atoms with Crippen LogP contribution in [0.5, 0.6) is 0 Å². The van der Waals surface area contributed by atoms with Gasteiger partial charge < -0.3 is 19.7 Å². The van der Waals surface area contributed by atoms with Gasteiger partial charge in [-0.15, -0.1) is 0 Å². The van der Waals surface area contributed by atoms with Crippen molar-refractivity contribution in [2.24, 2.45) is 0 Å². The van der Waals surface area contributed by atoms with Crippen LogP contribution in [0.3, 0.4) is 0 Å². The van der Waals surface area contributed by atoms with E-state index in [9.17, 15) is 14.0 Å². The summed E-state index contributed by atoms with van der Waals surface area (Å²) in [5, 5.41) is 2.66. The number of hydrogen-bond donors (Lipinski definition) is 1. The molecule has 7 nitrogen and oxygen atoms in total. The lowest BCUT2D eigenvalue weighted by Crippen LogP contribution is -2.42. The Hall–Kier alpha value is -2.35. The number of cyclic esters (lactones) is 1. The van der Waals surface area contributed by atoms with Crippen LogP contribution in [-0.4, -0.2) is 57.5 Å². The van der Waals surface area contributed by atoms with Gasteiger partial charge in [-0.25, -0.2) is 9.18 Å². The minimum absolute atomic E-state index is 0.159. The number of ether oxygens (including phenoxy) is 2.